The van der Waals surface area contributed by atoms with Crippen LogP contribution in [0.1, 0.15) is 39.5 Å². The highest BCUT2D eigenvalue weighted by Crippen LogP contribution is 2.34. The van der Waals surface area contributed by atoms with Gasteiger partial charge in [-0.15, -0.1) is 0 Å². The third kappa shape index (κ3) is 1.96. The second kappa shape index (κ2) is 2.21. The number of aliphatic hydroxyl groups is 2. The predicted molar refractivity (Wildman–Crippen MR) is 39.7 cm³/mol. The van der Waals surface area contributed by atoms with E-state index in [2.05, 4.69) is 0 Å². The molecular formula is C8H16O2. The predicted octanol–water partition coefficient (Wildman–Crippen LogP) is 1.06. The molecule has 0 bridgehead atoms. The molecule has 0 aromatic heterocycles. The summed E-state index contributed by atoms with van der Waals surface area (Å²) in [5.74, 6) is 0. The number of hydrogen-bond acceptors (Lipinski definition) is 2. The zero-order valence-corrected chi connectivity index (χ0v) is 6.72. The van der Waals surface area contributed by atoms with Crippen molar-refractivity contribution in [1.82, 2.24) is 0 Å². The van der Waals surface area contributed by atoms with Crippen molar-refractivity contribution in [3.63, 3.8) is 0 Å². The minimum atomic E-state index is -0.637. The highest BCUT2D eigenvalue weighted by Gasteiger charge is 2.36. The summed E-state index contributed by atoms with van der Waals surface area (Å²) in [7, 11) is 0. The molecule has 0 aromatic carbocycles. The van der Waals surface area contributed by atoms with Gasteiger partial charge in [-0.25, -0.2) is 0 Å². The van der Waals surface area contributed by atoms with Gasteiger partial charge in [0.05, 0.1) is 11.2 Å². The van der Waals surface area contributed by atoms with Crippen molar-refractivity contribution < 1.29 is 10.2 Å². The van der Waals surface area contributed by atoms with E-state index >= 15 is 0 Å². The van der Waals surface area contributed by atoms with Crippen LogP contribution in [0.2, 0.25) is 0 Å². The van der Waals surface area contributed by atoms with Crippen LogP contribution in [0.5, 0.6) is 0 Å². The Bertz CT molecular complexity index is 113. The van der Waals surface area contributed by atoms with Crippen molar-refractivity contribution in [3.8, 4) is 0 Å². The van der Waals surface area contributed by atoms with Crippen molar-refractivity contribution in [2.45, 2.75) is 50.7 Å². The molecule has 2 N–H and O–H groups in total. The maximum atomic E-state index is 9.55. The molecule has 2 nitrogen and oxygen atoms in total. The largest absolute Gasteiger partial charge is 0.390 e. The van der Waals surface area contributed by atoms with Crippen LogP contribution < -0.4 is 0 Å². The highest BCUT2D eigenvalue weighted by atomic mass is 16.3. The Morgan fingerprint density at radius 1 is 1.00 bits per heavy atom. The summed E-state index contributed by atoms with van der Waals surface area (Å²) < 4.78 is 0. The normalized spacial score (nSPS) is 49.2. The maximum absolute atomic E-state index is 9.55. The molecule has 60 valence electrons. The molecular weight excluding hydrogens is 128 g/mol. The van der Waals surface area contributed by atoms with E-state index in [9.17, 15) is 10.2 Å². The molecule has 0 aromatic rings. The van der Waals surface area contributed by atoms with Gasteiger partial charge in [0.15, 0.2) is 0 Å². The first-order valence-corrected chi connectivity index (χ1v) is 3.86. The van der Waals surface area contributed by atoms with Gasteiger partial charge < -0.3 is 10.2 Å². The van der Waals surface area contributed by atoms with E-state index in [0.29, 0.717) is 6.42 Å². The van der Waals surface area contributed by atoms with E-state index in [-0.39, 0.29) is 0 Å². The molecule has 1 fully saturated rings. The summed E-state index contributed by atoms with van der Waals surface area (Å²) in [6, 6.07) is 0. The zero-order chi connectivity index (χ0) is 7.83. The van der Waals surface area contributed by atoms with E-state index < -0.39 is 11.2 Å². The lowest BCUT2D eigenvalue weighted by Crippen LogP contribution is -2.41. The van der Waals surface area contributed by atoms with Gasteiger partial charge in [0.1, 0.15) is 0 Å². The second-order valence-corrected chi connectivity index (χ2v) is 4.02. The molecule has 0 saturated heterocycles. The Morgan fingerprint density at radius 3 is 1.60 bits per heavy atom. The fourth-order valence-corrected chi connectivity index (χ4v) is 1.85. The minimum Gasteiger partial charge on any atom is -0.390 e. The lowest BCUT2D eigenvalue weighted by molar-refractivity contribution is -0.0812. The van der Waals surface area contributed by atoms with Gasteiger partial charge in [-0.05, 0) is 33.1 Å². The van der Waals surface area contributed by atoms with Crippen LogP contribution in [-0.4, -0.2) is 21.4 Å². The number of hydrogen-bond donors (Lipinski definition) is 2. The van der Waals surface area contributed by atoms with E-state index in [1.807, 2.05) is 0 Å². The average molecular weight is 144 g/mol. The van der Waals surface area contributed by atoms with E-state index in [1.54, 1.807) is 13.8 Å². The standard InChI is InChI=1S/C8H16O2/c1-7(9)4-3-5-8(2,10)6-7/h9-10H,3-6H2,1-2H3/t7-,8+. The lowest BCUT2D eigenvalue weighted by Gasteiger charge is -2.37. The van der Waals surface area contributed by atoms with Crippen molar-refractivity contribution in [2.24, 2.45) is 0 Å². The molecule has 1 saturated carbocycles. The molecule has 0 radical (unpaired) electrons. The third-order valence-electron chi connectivity index (χ3n) is 2.19. The van der Waals surface area contributed by atoms with Crippen LogP contribution in [-0.2, 0) is 0 Å². The summed E-state index contributed by atoms with van der Waals surface area (Å²) in [4.78, 5) is 0. The van der Waals surface area contributed by atoms with Gasteiger partial charge in [-0.2, -0.15) is 0 Å². The smallest absolute Gasteiger partial charge is 0.0647 e. The van der Waals surface area contributed by atoms with Crippen molar-refractivity contribution >= 4 is 0 Å². The molecule has 2 atom stereocenters. The van der Waals surface area contributed by atoms with Crippen molar-refractivity contribution in [2.75, 3.05) is 0 Å². The molecule has 0 amide bonds. The molecule has 0 aliphatic heterocycles. The summed E-state index contributed by atoms with van der Waals surface area (Å²) in [5.41, 5.74) is -1.27. The van der Waals surface area contributed by atoms with E-state index in [1.165, 1.54) is 0 Å². The van der Waals surface area contributed by atoms with Crippen molar-refractivity contribution in [1.29, 1.82) is 0 Å². The Balaban J connectivity index is 2.56. The molecule has 0 heterocycles. The summed E-state index contributed by atoms with van der Waals surface area (Å²) >= 11 is 0. The van der Waals surface area contributed by atoms with Crippen LogP contribution in [0.15, 0.2) is 0 Å². The SMILES string of the molecule is C[C@]1(O)CCC[C@@](C)(O)C1. The Hall–Kier alpha value is -0.0800. The fourth-order valence-electron chi connectivity index (χ4n) is 1.85. The van der Waals surface area contributed by atoms with Crippen LogP contribution in [0.25, 0.3) is 0 Å². The molecule has 1 aliphatic rings. The highest BCUT2D eigenvalue weighted by molar-refractivity contribution is 4.89. The fraction of sp³-hybridized carbons (Fsp3) is 1.00. The van der Waals surface area contributed by atoms with Gasteiger partial charge in [0.25, 0.3) is 0 Å². The summed E-state index contributed by atoms with van der Waals surface area (Å²) in [6.07, 6.45) is 3.09. The van der Waals surface area contributed by atoms with Crippen LogP contribution in [0.3, 0.4) is 0 Å². The minimum absolute atomic E-state index is 0.514. The topological polar surface area (TPSA) is 40.5 Å². The van der Waals surface area contributed by atoms with Crippen LogP contribution >= 0.6 is 0 Å². The first kappa shape index (κ1) is 8.02. The Morgan fingerprint density at radius 2 is 1.40 bits per heavy atom. The molecule has 0 spiro atoms. The maximum Gasteiger partial charge on any atom is 0.0647 e. The molecule has 2 heteroatoms. The first-order chi connectivity index (χ1) is 4.41. The second-order valence-electron chi connectivity index (χ2n) is 4.02. The number of rotatable bonds is 0. The van der Waals surface area contributed by atoms with Crippen LogP contribution in [0.4, 0.5) is 0 Å². The summed E-state index contributed by atoms with van der Waals surface area (Å²) in [5, 5.41) is 19.1. The van der Waals surface area contributed by atoms with Crippen molar-refractivity contribution in [3.05, 3.63) is 0 Å². The van der Waals surface area contributed by atoms with Gasteiger partial charge in [0.2, 0.25) is 0 Å². The van der Waals surface area contributed by atoms with Gasteiger partial charge in [0, 0.05) is 6.42 Å². The van der Waals surface area contributed by atoms with Gasteiger partial charge >= 0.3 is 0 Å². The quantitative estimate of drug-likeness (QED) is 0.533. The third-order valence-corrected chi connectivity index (χ3v) is 2.19. The monoisotopic (exact) mass is 144 g/mol. The molecule has 10 heavy (non-hydrogen) atoms. The van der Waals surface area contributed by atoms with Gasteiger partial charge in [-0.1, -0.05) is 0 Å². The molecule has 1 aliphatic carbocycles. The molecule has 1 rings (SSSR count). The van der Waals surface area contributed by atoms with Crippen LogP contribution in [0, 0.1) is 0 Å². The van der Waals surface area contributed by atoms with E-state index in [4.69, 9.17) is 0 Å². The summed E-state index contributed by atoms with van der Waals surface area (Å²) in [6.45, 7) is 3.58. The van der Waals surface area contributed by atoms with E-state index in [0.717, 1.165) is 19.3 Å². The zero-order valence-electron chi connectivity index (χ0n) is 6.72. The Kier molecular flexibility index (Phi) is 1.77. The Labute approximate surface area is 61.9 Å². The lowest BCUT2D eigenvalue weighted by atomic mass is 9.77. The average Bonchev–Trinajstić information content (AvgIpc) is 1.56. The van der Waals surface area contributed by atoms with Gasteiger partial charge in [-0.3, -0.25) is 0 Å². The first-order valence-electron chi connectivity index (χ1n) is 3.86. The molecule has 0 unspecified atom stereocenters.